The zero-order valence-corrected chi connectivity index (χ0v) is 23.2. The third kappa shape index (κ3) is 4.87. The van der Waals surface area contributed by atoms with E-state index in [1.165, 1.54) is 29.9 Å². The summed E-state index contributed by atoms with van der Waals surface area (Å²) < 4.78 is 18.6. The molecule has 0 saturated carbocycles. The SMILES string of the molecule is CCOC(=O)C1=C(C)N=c2sc(=Cc3ccc(-c4cc(C(=O)O)ccc4Cl)o3)c(=O)n2[C@H]1c1ccccc1OC. The highest BCUT2D eigenvalue weighted by atomic mass is 35.5. The van der Waals surface area contributed by atoms with Crippen LogP contribution in [0, 0.1) is 0 Å². The van der Waals surface area contributed by atoms with Crippen molar-refractivity contribution < 1.29 is 28.6 Å². The highest BCUT2D eigenvalue weighted by Crippen LogP contribution is 2.36. The first-order valence-electron chi connectivity index (χ1n) is 12.2. The summed E-state index contributed by atoms with van der Waals surface area (Å²) in [5, 5.41) is 9.65. The monoisotopic (exact) mass is 578 g/mol. The van der Waals surface area contributed by atoms with Crippen LogP contribution >= 0.6 is 22.9 Å². The number of allylic oxidation sites excluding steroid dienone is 1. The van der Waals surface area contributed by atoms with Crippen LogP contribution in [0.4, 0.5) is 0 Å². The number of para-hydroxylation sites is 1. The highest BCUT2D eigenvalue weighted by Gasteiger charge is 2.35. The van der Waals surface area contributed by atoms with Gasteiger partial charge < -0.3 is 19.0 Å². The number of thiazole rings is 1. The van der Waals surface area contributed by atoms with E-state index >= 15 is 0 Å². The number of benzene rings is 2. The molecule has 0 bridgehead atoms. The summed E-state index contributed by atoms with van der Waals surface area (Å²) in [5.74, 6) is -0.445. The summed E-state index contributed by atoms with van der Waals surface area (Å²) in [5.41, 5.74) is 1.40. The number of halogens is 1. The quantitative estimate of drug-likeness (QED) is 0.322. The number of rotatable bonds is 7. The number of carboxylic acid groups (broad SMARTS) is 1. The van der Waals surface area contributed by atoms with Crippen molar-refractivity contribution in [2.24, 2.45) is 4.99 Å². The second-order valence-electron chi connectivity index (χ2n) is 8.75. The summed E-state index contributed by atoms with van der Waals surface area (Å²) >= 11 is 7.45. The van der Waals surface area contributed by atoms with Gasteiger partial charge in [-0.2, -0.15) is 0 Å². The molecule has 0 unspecified atom stereocenters. The van der Waals surface area contributed by atoms with E-state index in [0.29, 0.717) is 48.5 Å². The number of carbonyl (C=O) groups excluding carboxylic acids is 1. The maximum atomic E-state index is 13.8. The fourth-order valence-corrected chi connectivity index (χ4v) is 5.77. The second-order valence-corrected chi connectivity index (χ2v) is 10.2. The number of aromatic carboxylic acids is 1. The predicted octanol–water partition coefficient (Wildman–Crippen LogP) is 4.42. The molecule has 0 aliphatic carbocycles. The van der Waals surface area contributed by atoms with Crippen LogP contribution in [0.15, 0.2) is 80.1 Å². The maximum absolute atomic E-state index is 13.8. The Morgan fingerprint density at radius 3 is 2.70 bits per heavy atom. The number of fused-ring (bicyclic) bond motifs is 1. The molecule has 40 heavy (non-hydrogen) atoms. The number of hydrogen-bond acceptors (Lipinski definition) is 8. The molecular formula is C29H23ClN2O7S. The zero-order valence-electron chi connectivity index (χ0n) is 21.6. The lowest BCUT2D eigenvalue weighted by atomic mass is 9.95. The lowest BCUT2D eigenvalue weighted by Crippen LogP contribution is -2.40. The maximum Gasteiger partial charge on any atom is 0.338 e. The first-order valence-corrected chi connectivity index (χ1v) is 13.4. The summed E-state index contributed by atoms with van der Waals surface area (Å²) in [6.07, 6.45) is 1.57. The fourth-order valence-electron chi connectivity index (χ4n) is 4.53. The van der Waals surface area contributed by atoms with Gasteiger partial charge in [0.25, 0.3) is 5.56 Å². The summed E-state index contributed by atoms with van der Waals surface area (Å²) in [4.78, 5) is 43.3. The lowest BCUT2D eigenvalue weighted by molar-refractivity contribution is -0.139. The standard InChI is InChI=1S/C29H23ClN2O7S/c1-4-38-28(36)24-15(2)31-29-32(25(24)18-7-5-6-8-21(18)37-3)26(33)23(40-29)14-17-10-12-22(39-17)19-13-16(27(34)35)9-11-20(19)30/h5-14,25H,4H2,1-3H3,(H,34,35)/t25-/m0/s1. The molecule has 4 aromatic rings. The number of esters is 1. The Bertz CT molecular complexity index is 1870. The van der Waals surface area contributed by atoms with Crippen molar-refractivity contribution in [1.29, 1.82) is 0 Å². The van der Waals surface area contributed by atoms with Crippen molar-refractivity contribution in [3.63, 3.8) is 0 Å². The van der Waals surface area contributed by atoms with E-state index in [2.05, 4.69) is 4.99 Å². The number of ether oxygens (including phenoxy) is 2. The smallest absolute Gasteiger partial charge is 0.338 e. The Morgan fingerprint density at radius 2 is 1.98 bits per heavy atom. The molecule has 9 nitrogen and oxygen atoms in total. The van der Waals surface area contributed by atoms with Crippen LogP contribution in [0.3, 0.4) is 0 Å². The molecule has 11 heteroatoms. The molecule has 1 aliphatic rings. The molecule has 1 atom stereocenters. The van der Waals surface area contributed by atoms with Crippen LogP contribution in [0.5, 0.6) is 5.75 Å². The van der Waals surface area contributed by atoms with Crippen LogP contribution < -0.4 is 19.6 Å². The molecule has 5 rings (SSSR count). The number of methoxy groups -OCH3 is 1. The summed E-state index contributed by atoms with van der Waals surface area (Å²) in [6.45, 7) is 3.59. The number of aromatic nitrogens is 1. The van der Waals surface area contributed by atoms with E-state index in [1.54, 1.807) is 56.3 Å². The molecule has 0 fully saturated rings. The van der Waals surface area contributed by atoms with Crippen molar-refractivity contribution in [1.82, 2.24) is 4.57 Å². The van der Waals surface area contributed by atoms with Crippen molar-refractivity contribution in [3.05, 3.63) is 107 Å². The minimum atomic E-state index is -1.09. The van der Waals surface area contributed by atoms with E-state index in [9.17, 15) is 19.5 Å². The minimum Gasteiger partial charge on any atom is -0.496 e. The third-order valence-corrected chi connectivity index (χ3v) is 7.64. The molecule has 0 saturated heterocycles. The van der Waals surface area contributed by atoms with E-state index < -0.39 is 18.0 Å². The van der Waals surface area contributed by atoms with Crippen LogP contribution in [-0.2, 0) is 9.53 Å². The number of carboxylic acids is 1. The summed E-state index contributed by atoms with van der Waals surface area (Å²) in [7, 11) is 1.52. The fraction of sp³-hybridized carbons (Fsp3) is 0.172. The van der Waals surface area contributed by atoms with Crippen molar-refractivity contribution in [2.45, 2.75) is 19.9 Å². The van der Waals surface area contributed by atoms with Gasteiger partial charge in [0.1, 0.15) is 23.3 Å². The van der Waals surface area contributed by atoms with Crippen molar-refractivity contribution >= 4 is 41.0 Å². The van der Waals surface area contributed by atoms with Crippen LogP contribution in [-0.4, -0.2) is 35.3 Å². The molecular weight excluding hydrogens is 556 g/mol. The van der Waals surface area contributed by atoms with Gasteiger partial charge in [-0.15, -0.1) is 0 Å². The molecule has 1 N–H and O–H groups in total. The highest BCUT2D eigenvalue weighted by molar-refractivity contribution is 7.07. The molecule has 3 heterocycles. The second kappa shape index (κ2) is 11.0. The Kier molecular flexibility index (Phi) is 7.46. The van der Waals surface area contributed by atoms with Crippen molar-refractivity contribution in [3.8, 4) is 17.1 Å². The van der Waals surface area contributed by atoms with Gasteiger partial charge in [0.05, 0.1) is 40.1 Å². The Labute approximate surface area is 236 Å². The number of hydrogen-bond donors (Lipinski definition) is 1. The van der Waals surface area contributed by atoms with E-state index in [0.717, 1.165) is 11.3 Å². The predicted molar refractivity (Wildman–Crippen MR) is 150 cm³/mol. The Balaban J connectivity index is 1.65. The topological polar surface area (TPSA) is 120 Å². The number of furan rings is 1. The molecule has 0 radical (unpaired) electrons. The van der Waals surface area contributed by atoms with E-state index in [-0.39, 0.29) is 23.3 Å². The van der Waals surface area contributed by atoms with Crippen LogP contribution in [0.2, 0.25) is 5.02 Å². The normalized spacial score (nSPS) is 15.0. The first-order chi connectivity index (χ1) is 19.2. The molecule has 0 spiro atoms. The number of carbonyl (C=O) groups is 2. The van der Waals surface area contributed by atoms with Gasteiger partial charge in [0, 0.05) is 17.2 Å². The van der Waals surface area contributed by atoms with Gasteiger partial charge in [-0.25, -0.2) is 14.6 Å². The van der Waals surface area contributed by atoms with Gasteiger partial charge in [0.15, 0.2) is 4.80 Å². The Morgan fingerprint density at radius 1 is 1.20 bits per heavy atom. The van der Waals surface area contributed by atoms with Gasteiger partial charge in [-0.05, 0) is 50.2 Å². The van der Waals surface area contributed by atoms with Gasteiger partial charge in [0.2, 0.25) is 0 Å². The Hall–Kier alpha value is -4.41. The van der Waals surface area contributed by atoms with Gasteiger partial charge in [-0.1, -0.05) is 41.1 Å². The van der Waals surface area contributed by atoms with E-state index in [1.807, 2.05) is 0 Å². The van der Waals surface area contributed by atoms with Gasteiger partial charge >= 0.3 is 11.9 Å². The van der Waals surface area contributed by atoms with Crippen LogP contribution in [0.1, 0.15) is 41.6 Å². The zero-order chi connectivity index (χ0) is 28.6. The molecule has 2 aromatic heterocycles. The molecule has 204 valence electrons. The van der Waals surface area contributed by atoms with Gasteiger partial charge in [-0.3, -0.25) is 9.36 Å². The summed E-state index contributed by atoms with van der Waals surface area (Å²) in [6, 6.07) is 14.0. The average molecular weight is 579 g/mol. The largest absolute Gasteiger partial charge is 0.496 e. The molecule has 1 aliphatic heterocycles. The van der Waals surface area contributed by atoms with Crippen LogP contribution in [0.25, 0.3) is 17.4 Å². The molecule has 2 aromatic carbocycles. The van der Waals surface area contributed by atoms with Crippen molar-refractivity contribution in [2.75, 3.05) is 13.7 Å². The third-order valence-electron chi connectivity index (χ3n) is 6.33. The molecule has 0 amide bonds. The average Bonchev–Trinajstić information content (AvgIpc) is 3.52. The first kappa shape index (κ1) is 27.2. The number of nitrogens with zero attached hydrogens (tertiary/aromatic N) is 2. The minimum absolute atomic E-state index is 0.0646. The lowest BCUT2D eigenvalue weighted by Gasteiger charge is -2.25. The van der Waals surface area contributed by atoms with E-state index in [4.69, 9.17) is 25.5 Å².